The standard InChI is InChI=1S/C8H6BrClN2O/c1-13-5-2-3-12-4-11-8(9)7(12)6(5)10/h2-4H,1H3. The largest absolute Gasteiger partial charge is 0.495 e. The van der Waals surface area contributed by atoms with E-state index in [0.717, 1.165) is 10.1 Å². The molecular weight excluding hydrogens is 255 g/mol. The van der Waals surface area contributed by atoms with Gasteiger partial charge in [0.25, 0.3) is 0 Å². The molecule has 3 nitrogen and oxygen atoms in total. The molecule has 0 aliphatic heterocycles. The van der Waals surface area contributed by atoms with Gasteiger partial charge in [-0.25, -0.2) is 4.98 Å². The molecule has 0 radical (unpaired) electrons. The maximum atomic E-state index is 6.07. The molecule has 0 unspecified atom stereocenters. The topological polar surface area (TPSA) is 26.5 Å². The van der Waals surface area contributed by atoms with E-state index in [4.69, 9.17) is 16.3 Å². The second-order valence-electron chi connectivity index (χ2n) is 2.49. The third-order valence-corrected chi connectivity index (χ3v) is 2.73. The highest BCUT2D eigenvalue weighted by Gasteiger charge is 2.09. The van der Waals surface area contributed by atoms with E-state index in [9.17, 15) is 0 Å². The van der Waals surface area contributed by atoms with Crippen LogP contribution in [0.5, 0.6) is 5.75 Å². The molecule has 0 aliphatic carbocycles. The van der Waals surface area contributed by atoms with Gasteiger partial charge in [-0.1, -0.05) is 11.6 Å². The maximum Gasteiger partial charge on any atom is 0.141 e. The molecule has 0 saturated carbocycles. The van der Waals surface area contributed by atoms with Crippen LogP contribution >= 0.6 is 27.5 Å². The number of aromatic nitrogens is 2. The Morgan fingerprint density at radius 1 is 1.62 bits per heavy atom. The SMILES string of the molecule is COc1ccn2cnc(Br)c2c1Cl. The lowest BCUT2D eigenvalue weighted by Gasteiger charge is -2.03. The molecule has 2 rings (SSSR count). The summed E-state index contributed by atoms with van der Waals surface area (Å²) in [6.45, 7) is 0. The van der Waals surface area contributed by atoms with Crippen LogP contribution < -0.4 is 4.74 Å². The highest BCUT2D eigenvalue weighted by molar-refractivity contribution is 9.10. The minimum absolute atomic E-state index is 0.564. The molecule has 0 fully saturated rings. The minimum atomic E-state index is 0.564. The van der Waals surface area contributed by atoms with Gasteiger partial charge in [-0.05, 0) is 22.0 Å². The molecule has 2 heterocycles. The van der Waals surface area contributed by atoms with Crippen LogP contribution in [0.3, 0.4) is 0 Å². The lowest BCUT2D eigenvalue weighted by molar-refractivity contribution is 0.415. The van der Waals surface area contributed by atoms with E-state index in [-0.39, 0.29) is 0 Å². The summed E-state index contributed by atoms with van der Waals surface area (Å²) in [6.07, 6.45) is 3.53. The minimum Gasteiger partial charge on any atom is -0.495 e. The molecule has 5 heteroatoms. The number of methoxy groups -OCH3 is 1. The molecule has 0 atom stereocenters. The van der Waals surface area contributed by atoms with Crippen molar-refractivity contribution in [2.24, 2.45) is 0 Å². The second kappa shape index (κ2) is 3.20. The monoisotopic (exact) mass is 260 g/mol. The molecule has 68 valence electrons. The van der Waals surface area contributed by atoms with Crippen LogP contribution in [0.4, 0.5) is 0 Å². The fourth-order valence-electron chi connectivity index (χ4n) is 1.15. The Morgan fingerprint density at radius 2 is 2.38 bits per heavy atom. The number of fused-ring (bicyclic) bond motifs is 1. The van der Waals surface area contributed by atoms with Gasteiger partial charge in [-0.15, -0.1) is 0 Å². The Bertz CT molecular complexity index is 455. The van der Waals surface area contributed by atoms with Gasteiger partial charge in [-0.2, -0.15) is 0 Å². The summed E-state index contributed by atoms with van der Waals surface area (Å²) in [4.78, 5) is 4.07. The predicted molar refractivity (Wildman–Crippen MR) is 54.5 cm³/mol. The number of hydrogen-bond donors (Lipinski definition) is 0. The van der Waals surface area contributed by atoms with Crippen molar-refractivity contribution in [2.75, 3.05) is 7.11 Å². The van der Waals surface area contributed by atoms with Crippen molar-refractivity contribution in [3.63, 3.8) is 0 Å². The first-order valence-electron chi connectivity index (χ1n) is 3.58. The second-order valence-corrected chi connectivity index (χ2v) is 3.62. The number of halogens is 2. The van der Waals surface area contributed by atoms with Crippen molar-refractivity contribution >= 4 is 33.0 Å². The Kier molecular flexibility index (Phi) is 2.17. The molecule has 0 bridgehead atoms. The number of nitrogens with zero attached hydrogens (tertiary/aromatic N) is 2. The number of pyridine rings is 1. The van der Waals surface area contributed by atoms with Crippen molar-refractivity contribution in [1.82, 2.24) is 9.38 Å². The van der Waals surface area contributed by atoms with Crippen LogP contribution in [-0.4, -0.2) is 16.5 Å². The van der Waals surface area contributed by atoms with Gasteiger partial charge in [0.2, 0.25) is 0 Å². The average Bonchev–Trinajstić information content (AvgIpc) is 2.49. The lowest BCUT2D eigenvalue weighted by atomic mass is 10.4. The van der Waals surface area contributed by atoms with Gasteiger partial charge < -0.3 is 9.14 Å². The molecule has 0 aliphatic rings. The van der Waals surface area contributed by atoms with Crippen molar-refractivity contribution in [2.45, 2.75) is 0 Å². The first-order chi connectivity index (χ1) is 6.24. The molecule has 0 spiro atoms. The molecule has 2 aromatic rings. The molecule has 0 N–H and O–H groups in total. The smallest absolute Gasteiger partial charge is 0.141 e. The Balaban J connectivity index is 2.83. The molecule has 0 amide bonds. The molecular formula is C8H6BrClN2O. The normalized spacial score (nSPS) is 10.7. The molecule has 0 saturated heterocycles. The number of rotatable bonds is 1. The van der Waals surface area contributed by atoms with Gasteiger partial charge in [0.05, 0.1) is 7.11 Å². The summed E-state index contributed by atoms with van der Waals surface area (Å²) >= 11 is 9.38. The van der Waals surface area contributed by atoms with E-state index in [1.807, 2.05) is 10.6 Å². The molecule has 2 aromatic heterocycles. The zero-order chi connectivity index (χ0) is 9.42. The van der Waals surface area contributed by atoms with Crippen LogP contribution in [0.1, 0.15) is 0 Å². The first-order valence-corrected chi connectivity index (χ1v) is 4.76. The summed E-state index contributed by atoms with van der Waals surface area (Å²) < 4.78 is 7.63. The Labute approximate surface area is 88.4 Å². The van der Waals surface area contributed by atoms with E-state index >= 15 is 0 Å². The van der Waals surface area contributed by atoms with E-state index in [2.05, 4.69) is 20.9 Å². The van der Waals surface area contributed by atoms with Crippen molar-refractivity contribution < 1.29 is 4.74 Å². The molecule has 13 heavy (non-hydrogen) atoms. The summed E-state index contributed by atoms with van der Waals surface area (Å²) in [5, 5.41) is 0.564. The zero-order valence-electron chi connectivity index (χ0n) is 6.79. The van der Waals surface area contributed by atoms with Gasteiger partial charge in [0.15, 0.2) is 0 Å². The van der Waals surface area contributed by atoms with Crippen LogP contribution in [0.2, 0.25) is 5.02 Å². The fourth-order valence-corrected chi connectivity index (χ4v) is 2.09. The van der Waals surface area contributed by atoms with E-state index in [1.165, 1.54) is 0 Å². The Morgan fingerprint density at radius 3 is 3.08 bits per heavy atom. The summed E-state index contributed by atoms with van der Waals surface area (Å²) in [5.74, 6) is 0.648. The predicted octanol–water partition coefficient (Wildman–Crippen LogP) is 2.76. The summed E-state index contributed by atoms with van der Waals surface area (Å²) in [7, 11) is 1.59. The maximum absolute atomic E-state index is 6.07. The third kappa shape index (κ3) is 1.30. The van der Waals surface area contributed by atoms with Crippen LogP contribution in [0.15, 0.2) is 23.2 Å². The number of hydrogen-bond acceptors (Lipinski definition) is 2. The number of imidazole rings is 1. The average molecular weight is 262 g/mol. The highest BCUT2D eigenvalue weighted by Crippen LogP contribution is 2.32. The third-order valence-electron chi connectivity index (χ3n) is 1.78. The number of ether oxygens (including phenoxy) is 1. The highest BCUT2D eigenvalue weighted by atomic mass is 79.9. The van der Waals surface area contributed by atoms with Crippen molar-refractivity contribution in [1.29, 1.82) is 0 Å². The van der Waals surface area contributed by atoms with Crippen LogP contribution in [-0.2, 0) is 0 Å². The van der Waals surface area contributed by atoms with E-state index in [0.29, 0.717) is 10.8 Å². The van der Waals surface area contributed by atoms with Gasteiger partial charge in [0, 0.05) is 6.20 Å². The lowest BCUT2D eigenvalue weighted by Crippen LogP contribution is -1.88. The van der Waals surface area contributed by atoms with Gasteiger partial charge in [0.1, 0.15) is 27.2 Å². The summed E-state index contributed by atoms with van der Waals surface area (Å²) in [6, 6.07) is 1.80. The molecule has 0 aromatic carbocycles. The van der Waals surface area contributed by atoms with Crippen LogP contribution in [0, 0.1) is 0 Å². The van der Waals surface area contributed by atoms with E-state index in [1.54, 1.807) is 19.5 Å². The zero-order valence-corrected chi connectivity index (χ0v) is 9.13. The van der Waals surface area contributed by atoms with Crippen molar-refractivity contribution in [3.8, 4) is 5.75 Å². The van der Waals surface area contributed by atoms with E-state index < -0.39 is 0 Å². The van der Waals surface area contributed by atoms with Crippen LogP contribution in [0.25, 0.3) is 5.52 Å². The van der Waals surface area contributed by atoms with Gasteiger partial charge >= 0.3 is 0 Å². The quantitative estimate of drug-likeness (QED) is 0.789. The first kappa shape index (κ1) is 8.84. The van der Waals surface area contributed by atoms with Gasteiger partial charge in [-0.3, -0.25) is 0 Å². The van der Waals surface area contributed by atoms with Crippen molar-refractivity contribution in [3.05, 3.63) is 28.2 Å². The summed E-state index contributed by atoms with van der Waals surface area (Å²) in [5.41, 5.74) is 0.820. The Hall–Kier alpha value is -0.740. The fraction of sp³-hybridized carbons (Fsp3) is 0.125.